The van der Waals surface area contributed by atoms with Gasteiger partial charge in [-0.3, -0.25) is 4.79 Å². The molecule has 1 aliphatic heterocycles. The van der Waals surface area contributed by atoms with E-state index in [4.69, 9.17) is 26.3 Å². The Bertz CT molecular complexity index is 888. The largest absolute Gasteiger partial charge is 0.460 e. The van der Waals surface area contributed by atoms with Gasteiger partial charge in [0.2, 0.25) is 17.4 Å². The number of ether oxygens (including phenoxy) is 1. The predicted octanol–water partition coefficient (Wildman–Crippen LogP) is 2.72. The topological polar surface area (TPSA) is 95.7 Å². The Morgan fingerprint density at radius 2 is 1.96 bits per heavy atom. The SMILES string of the molecule is NC1=C(OS(=O)(=O)Cc2cccs2)C(=O)C(c2ccc(Cl)cc2)O1. The monoisotopic (exact) mass is 385 g/mol. The molecule has 1 aromatic carbocycles. The Morgan fingerprint density at radius 1 is 1.25 bits per heavy atom. The fourth-order valence-corrected chi connectivity index (χ4v) is 4.38. The number of rotatable bonds is 5. The molecule has 0 radical (unpaired) electrons. The molecule has 1 aromatic heterocycles. The molecule has 3 rings (SSSR count). The highest BCUT2D eigenvalue weighted by Crippen LogP contribution is 2.33. The van der Waals surface area contributed by atoms with Crippen molar-refractivity contribution in [2.24, 2.45) is 5.73 Å². The molecule has 0 fully saturated rings. The molecule has 0 saturated carbocycles. The van der Waals surface area contributed by atoms with Crippen molar-refractivity contribution in [1.82, 2.24) is 0 Å². The molecule has 9 heteroatoms. The van der Waals surface area contributed by atoms with Gasteiger partial charge in [0.15, 0.2) is 6.10 Å². The van der Waals surface area contributed by atoms with Crippen molar-refractivity contribution in [2.75, 3.05) is 0 Å². The second kappa shape index (κ2) is 6.46. The van der Waals surface area contributed by atoms with Gasteiger partial charge in [0, 0.05) is 15.5 Å². The fraction of sp³-hybridized carbons (Fsp3) is 0.133. The van der Waals surface area contributed by atoms with E-state index in [2.05, 4.69) is 0 Å². The maximum Gasteiger partial charge on any atom is 0.314 e. The molecular weight excluding hydrogens is 374 g/mol. The van der Waals surface area contributed by atoms with Crippen LogP contribution in [0, 0.1) is 0 Å². The predicted molar refractivity (Wildman–Crippen MR) is 89.5 cm³/mol. The number of thiophene rings is 1. The van der Waals surface area contributed by atoms with Crippen molar-refractivity contribution in [3.63, 3.8) is 0 Å². The average Bonchev–Trinajstić information content (AvgIpc) is 3.11. The van der Waals surface area contributed by atoms with Crippen molar-refractivity contribution >= 4 is 38.8 Å². The summed E-state index contributed by atoms with van der Waals surface area (Å²) in [5.74, 6) is -1.84. The molecule has 2 heterocycles. The second-order valence-electron chi connectivity index (χ2n) is 4.97. The van der Waals surface area contributed by atoms with Gasteiger partial charge in [-0.05, 0) is 23.6 Å². The van der Waals surface area contributed by atoms with Crippen LogP contribution >= 0.6 is 22.9 Å². The van der Waals surface area contributed by atoms with Gasteiger partial charge in [-0.2, -0.15) is 8.42 Å². The highest BCUT2D eigenvalue weighted by atomic mass is 35.5. The second-order valence-corrected chi connectivity index (χ2v) is 8.01. The highest BCUT2D eigenvalue weighted by molar-refractivity contribution is 7.86. The highest BCUT2D eigenvalue weighted by Gasteiger charge is 2.39. The third-order valence-electron chi connectivity index (χ3n) is 3.21. The zero-order valence-electron chi connectivity index (χ0n) is 12.1. The Hall–Kier alpha value is -2.03. The van der Waals surface area contributed by atoms with E-state index in [1.165, 1.54) is 11.3 Å². The lowest BCUT2D eigenvalue weighted by atomic mass is 10.1. The zero-order chi connectivity index (χ0) is 17.3. The van der Waals surface area contributed by atoms with Gasteiger partial charge in [0.05, 0.1) is 0 Å². The smallest absolute Gasteiger partial charge is 0.314 e. The van der Waals surface area contributed by atoms with Gasteiger partial charge in [0.1, 0.15) is 5.75 Å². The molecule has 1 atom stereocenters. The average molecular weight is 386 g/mol. The number of nitrogens with two attached hydrogens (primary N) is 1. The summed E-state index contributed by atoms with van der Waals surface area (Å²) in [6.45, 7) is 0. The van der Waals surface area contributed by atoms with Crippen LogP contribution in [0.2, 0.25) is 5.02 Å². The molecule has 24 heavy (non-hydrogen) atoms. The van der Waals surface area contributed by atoms with E-state index in [0.717, 1.165) is 0 Å². The maximum absolute atomic E-state index is 12.4. The number of carbonyl (C=O) groups is 1. The summed E-state index contributed by atoms with van der Waals surface area (Å²) in [6.07, 6.45) is -1.05. The molecule has 0 aliphatic carbocycles. The first kappa shape index (κ1) is 16.8. The lowest BCUT2D eigenvalue weighted by molar-refractivity contribution is -0.123. The Morgan fingerprint density at radius 3 is 2.58 bits per heavy atom. The van der Waals surface area contributed by atoms with E-state index in [9.17, 15) is 13.2 Å². The number of halogens is 1. The number of ketones is 1. The van der Waals surface area contributed by atoms with Crippen LogP contribution in [0.4, 0.5) is 0 Å². The lowest BCUT2D eigenvalue weighted by Crippen LogP contribution is -2.16. The van der Waals surface area contributed by atoms with Gasteiger partial charge < -0.3 is 14.7 Å². The molecule has 6 nitrogen and oxygen atoms in total. The number of Topliss-reactive ketones (excluding diaryl/α,β-unsaturated/α-hetero) is 1. The summed E-state index contributed by atoms with van der Waals surface area (Å²) < 4.78 is 34.4. The zero-order valence-corrected chi connectivity index (χ0v) is 14.5. The Balaban J connectivity index is 1.77. The van der Waals surface area contributed by atoms with Crippen LogP contribution in [0.5, 0.6) is 0 Å². The van der Waals surface area contributed by atoms with Crippen LogP contribution in [0.3, 0.4) is 0 Å². The third-order valence-corrected chi connectivity index (χ3v) is 5.61. The molecule has 0 spiro atoms. The number of benzene rings is 1. The summed E-state index contributed by atoms with van der Waals surface area (Å²) in [5.41, 5.74) is 6.13. The minimum Gasteiger partial charge on any atom is -0.460 e. The van der Waals surface area contributed by atoms with Gasteiger partial charge in [-0.1, -0.05) is 29.8 Å². The van der Waals surface area contributed by atoms with Crippen LogP contribution in [0.1, 0.15) is 16.5 Å². The minimum atomic E-state index is -4.02. The molecule has 126 valence electrons. The molecule has 1 unspecified atom stereocenters. The first-order chi connectivity index (χ1) is 11.4. The van der Waals surface area contributed by atoms with Crippen LogP contribution in [0.15, 0.2) is 53.4 Å². The molecule has 2 N–H and O–H groups in total. The van der Waals surface area contributed by atoms with E-state index >= 15 is 0 Å². The lowest BCUT2D eigenvalue weighted by Gasteiger charge is -2.09. The van der Waals surface area contributed by atoms with Crippen molar-refractivity contribution in [1.29, 1.82) is 0 Å². The van der Waals surface area contributed by atoms with Crippen LogP contribution in [0.25, 0.3) is 0 Å². The summed E-state index contributed by atoms with van der Waals surface area (Å²) >= 11 is 7.08. The standard InChI is InChI=1S/C15H12ClNO5S2/c16-10-5-3-9(4-6-10)13-12(18)14(15(17)21-13)22-24(19,20)8-11-2-1-7-23-11/h1-7,13H,8,17H2. The molecule has 0 bridgehead atoms. The van der Waals surface area contributed by atoms with E-state index in [1.54, 1.807) is 41.8 Å². The van der Waals surface area contributed by atoms with Crippen molar-refractivity contribution in [2.45, 2.75) is 11.9 Å². The summed E-state index contributed by atoms with van der Waals surface area (Å²) in [5, 5.41) is 2.25. The summed E-state index contributed by atoms with van der Waals surface area (Å²) in [4.78, 5) is 13.0. The molecule has 0 amide bonds. The first-order valence-corrected chi connectivity index (χ1v) is 9.60. The summed E-state index contributed by atoms with van der Waals surface area (Å²) in [7, 11) is -4.02. The molecule has 2 aromatic rings. The number of hydrogen-bond donors (Lipinski definition) is 1. The summed E-state index contributed by atoms with van der Waals surface area (Å²) in [6, 6.07) is 9.77. The van der Waals surface area contributed by atoms with Gasteiger partial charge in [-0.25, -0.2) is 0 Å². The van der Waals surface area contributed by atoms with Gasteiger partial charge >= 0.3 is 10.1 Å². The van der Waals surface area contributed by atoms with E-state index in [1.807, 2.05) is 0 Å². The van der Waals surface area contributed by atoms with Crippen LogP contribution < -0.4 is 5.73 Å². The van der Waals surface area contributed by atoms with Crippen LogP contribution in [-0.2, 0) is 29.6 Å². The number of carbonyl (C=O) groups excluding carboxylic acids is 1. The number of hydrogen-bond acceptors (Lipinski definition) is 7. The third kappa shape index (κ3) is 3.55. The minimum absolute atomic E-state index is 0.347. The van der Waals surface area contributed by atoms with E-state index in [0.29, 0.717) is 15.5 Å². The van der Waals surface area contributed by atoms with Gasteiger partial charge in [-0.15, -0.1) is 11.3 Å². The first-order valence-electron chi connectivity index (χ1n) is 6.76. The molecule has 1 aliphatic rings. The fourth-order valence-electron chi connectivity index (χ4n) is 2.14. The van der Waals surface area contributed by atoms with E-state index < -0.39 is 27.8 Å². The maximum atomic E-state index is 12.4. The Kier molecular flexibility index (Phi) is 4.53. The van der Waals surface area contributed by atoms with Gasteiger partial charge in [0.25, 0.3) is 0 Å². The molecular formula is C15H12ClNO5S2. The normalized spacial score (nSPS) is 17.9. The quantitative estimate of drug-likeness (QED) is 0.795. The van der Waals surface area contributed by atoms with Crippen molar-refractivity contribution in [3.8, 4) is 0 Å². The van der Waals surface area contributed by atoms with Crippen LogP contribution in [-0.4, -0.2) is 14.2 Å². The van der Waals surface area contributed by atoms with Crippen molar-refractivity contribution in [3.05, 3.63) is 68.9 Å². The molecule has 0 saturated heterocycles. The Labute approximate surface area is 147 Å². The van der Waals surface area contributed by atoms with Crippen molar-refractivity contribution < 1.29 is 22.1 Å². The van der Waals surface area contributed by atoms with E-state index in [-0.39, 0.29) is 11.6 Å².